The third-order valence-corrected chi connectivity index (χ3v) is 3.65. The van der Waals surface area contributed by atoms with Crippen LogP contribution in [-0.4, -0.2) is 11.9 Å². The Morgan fingerprint density at radius 2 is 2.06 bits per heavy atom. The Labute approximate surface area is 107 Å². The van der Waals surface area contributed by atoms with E-state index in [0.717, 1.165) is 19.3 Å². The molecule has 0 heterocycles. The smallest absolute Gasteiger partial charge is 0.166 e. The molecule has 18 heavy (non-hydrogen) atoms. The van der Waals surface area contributed by atoms with Crippen LogP contribution in [0.25, 0.3) is 0 Å². The largest absolute Gasteiger partial charge is 0.486 e. The number of carbonyl (C=O) groups excluding carboxylic acids is 1. The van der Waals surface area contributed by atoms with Crippen LogP contribution in [-0.2, 0) is 0 Å². The molecule has 2 rings (SSSR count). The fourth-order valence-corrected chi connectivity index (χ4v) is 2.51. The van der Waals surface area contributed by atoms with Crippen LogP contribution in [0.3, 0.4) is 0 Å². The number of ether oxygens (including phenoxy) is 1. The number of para-hydroxylation sites is 1. The van der Waals surface area contributed by atoms with Crippen LogP contribution in [0.5, 0.6) is 5.75 Å². The molecule has 0 saturated heterocycles. The van der Waals surface area contributed by atoms with Gasteiger partial charge in [-0.25, -0.2) is 4.39 Å². The van der Waals surface area contributed by atoms with E-state index in [9.17, 15) is 9.18 Å². The van der Waals surface area contributed by atoms with Crippen LogP contribution < -0.4 is 4.74 Å². The molecule has 1 aromatic rings. The van der Waals surface area contributed by atoms with Gasteiger partial charge >= 0.3 is 0 Å². The molecule has 0 amide bonds. The van der Waals surface area contributed by atoms with E-state index in [1.165, 1.54) is 19.4 Å². The summed E-state index contributed by atoms with van der Waals surface area (Å²) in [6.45, 7) is 3.56. The molecule has 1 aliphatic rings. The molecule has 1 saturated carbocycles. The number of halogens is 1. The topological polar surface area (TPSA) is 26.3 Å². The molecule has 0 aromatic heterocycles. The van der Waals surface area contributed by atoms with Gasteiger partial charge in [0.25, 0.3) is 0 Å². The molecule has 2 unspecified atom stereocenters. The quantitative estimate of drug-likeness (QED) is 0.758. The van der Waals surface area contributed by atoms with Crippen molar-refractivity contribution in [3.63, 3.8) is 0 Å². The van der Waals surface area contributed by atoms with Crippen molar-refractivity contribution in [2.75, 3.05) is 0 Å². The number of hydrogen-bond donors (Lipinski definition) is 0. The van der Waals surface area contributed by atoms with Gasteiger partial charge in [0.2, 0.25) is 0 Å². The van der Waals surface area contributed by atoms with E-state index in [-0.39, 0.29) is 17.6 Å². The number of Topliss-reactive ketones (excluding diaryl/α,β-unsaturated/α-hetero) is 1. The fraction of sp³-hybridized carbons (Fsp3) is 0.533. The highest BCUT2D eigenvalue weighted by Crippen LogP contribution is 2.31. The second-order valence-corrected chi connectivity index (χ2v) is 5.09. The van der Waals surface area contributed by atoms with Gasteiger partial charge < -0.3 is 4.74 Å². The van der Waals surface area contributed by atoms with Gasteiger partial charge in [0, 0.05) is 0 Å². The Balaban J connectivity index is 2.24. The molecule has 0 N–H and O–H groups in total. The lowest BCUT2D eigenvalue weighted by molar-refractivity contribution is 0.0914. The Kier molecular flexibility index (Phi) is 4.00. The average molecular weight is 250 g/mol. The van der Waals surface area contributed by atoms with Crippen LogP contribution in [0.2, 0.25) is 0 Å². The van der Waals surface area contributed by atoms with Crippen molar-refractivity contribution < 1.29 is 13.9 Å². The highest BCUT2D eigenvalue weighted by molar-refractivity contribution is 5.96. The lowest BCUT2D eigenvalue weighted by Crippen LogP contribution is -2.29. The second-order valence-electron chi connectivity index (χ2n) is 5.09. The van der Waals surface area contributed by atoms with Crippen molar-refractivity contribution in [1.29, 1.82) is 0 Å². The van der Waals surface area contributed by atoms with Crippen LogP contribution in [0.1, 0.15) is 49.9 Å². The van der Waals surface area contributed by atoms with Crippen molar-refractivity contribution in [3.05, 3.63) is 29.6 Å². The number of rotatable bonds is 3. The zero-order valence-corrected chi connectivity index (χ0v) is 10.9. The van der Waals surface area contributed by atoms with E-state index < -0.39 is 5.82 Å². The van der Waals surface area contributed by atoms with Crippen molar-refractivity contribution in [3.8, 4) is 5.75 Å². The number of ketones is 1. The summed E-state index contributed by atoms with van der Waals surface area (Å²) in [7, 11) is 0. The molecule has 0 aliphatic heterocycles. The Hall–Kier alpha value is -1.38. The molecule has 3 heteroatoms. The van der Waals surface area contributed by atoms with Gasteiger partial charge in [0.1, 0.15) is 6.10 Å². The number of carbonyl (C=O) groups is 1. The first-order valence-corrected chi connectivity index (χ1v) is 6.55. The van der Waals surface area contributed by atoms with E-state index in [1.807, 2.05) is 0 Å². The van der Waals surface area contributed by atoms with E-state index >= 15 is 0 Å². The lowest BCUT2D eigenvalue weighted by atomic mass is 9.88. The average Bonchev–Trinajstić information content (AvgIpc) is 2.34. The first-order valence-electron chi connectivity index (χ1n) is 6.55. The van der Waals surface area contributed by atoms with Gasteiger partial charge in [-0.05, 0) is 44.2 Å². The molecule has 1 fully saturated rings. The summed E-state index contributed by atoms with van der Waals surface area (Å²) in [5.41, 5.74) is 0.341. The molecule has 0 bridgehead atoms. The van der Waals surface area contributed by atoms with Gasteiger partial charge in [0.15, 0.2) is 17.3 Å². The number of benzene rings is 1. The third-order valence-electron chi connectivity index (χ3n) is 3.65. The second kappa shape index (κ2) is 5.51. The monoisotopic (exact) mass is 250 g/mol. The standard InChI is InChI=1S/C15H19FO2/c1-10-6-3-4-9-14(10)18-15-12(11(2)17)7-5-8-13(15)16/h5,7-8,10,14H,3-4,6,9H2,1-2H3. The number of hydrogen-bond acceptors (Lipinski definition) is 2. The Morgan fingerprint density at radius 3 is 2.72 bits per heavy atom. The Bertz CT molecular complexity index is 442. The van der Waals surface area contributed by atoms with E-state index in [4.69, 9.17) is 4.74 Å². The zero-order chi connectivity index (χ0) is 13.1. The molecule has 1 aliphatic carbocycles. The van der Waals surface area contributed by atoms with Gasteiger partial charge in [-0.3, -0.25) is 4.79 Å². The third kappa shape index (κ3) is 2.71. The van der Waals surface area contributed by atoms with Crippen molar-refractivity contribution >= 4 is 5.78 Å². The predicted octanol–water partition coefficient (Wildman–Crippen LogP) is 3.99. The molecule has 2 atom stereocenters. The molecule has 1 aromatic carbocycles. The first-order chi connectivity index (χ1) is 8.59. The highest BCUT2D eigenvalue weighted by atomic mass is 19.1. The molecule has 98 valence electrons. The summed E-state index contributed by atoms with van der Waals surface area (Å²) in [6.07, 6.45) is 4.38. The van der Waals surface area contributed by atoms with Crippen molar-refractivity contribution in [2.24, 2.45) is 5.92 Å². The van der Waals surface area contributed by atoms with Crippen molar-refractivity contribution in [2.45, 2.75) is 45.6 Å². The maximum absolute atomic E-state index is 13.8. The minimum absolute atomic E-state index is 0.0220. The molecule has 0 radical (unpaired) electrons. The summed E-state index contributed by atoms with van der Waals surface area (Å²) in [5, 5.41) is 0. The maximum Gasteiger partial charge on any atom is 0.166 e. The van der Waals surface area contributed by atoms with Crippen LogP contribution in [0.15, 0.2) is 18.2 Å². The molecular weight excluding hydrogens is 231 g/mol. The van der Waals surface area contributed by atoms with E-state index in [2.05, 4.69) is 6.92 Å². The first kappa shape index (κ1) is 13.1. The lowest BCUT2D eigenvalue weighted by Gasteiger charge is -2.30. The SMILES string of the molecule is CC(=O)c1cccc(F)c1OC1CCCCC1C. The van der Waals surface area contributed by atoms with Gasteiger partial charge in [-0.2, -0.15) is 0 Å². The minimum atomic E-state index is -0.444. The molecule has 2 nitrogen and oxygen atoms in total. The summed E-state index contributed by atoms with van der Waals surface area (Å²) in [6, 6.07) is 4.51. The Morgan fingerprint density at radius 1 is 1.33 bits per heavy atom. The summed E-state index contributed by atoms with van der Waals surface area (Å²) in [5.74, 6) is -0.0599. The minimum Gasteiger partial charge on any atom is -0.486 e. The van der Waals surface area contributed by atoms with Crippen LogP contribution >= 0.6 is 0 Å². The molecule has 0 spiro atoms. The maximum atomic E-state index is 13.8. The van der Waals surface area contributed by atoms with Gasteiger partial charge in [-0.1, -0.05) is 19.4 Å². The molecular formula is C15H19FO2. The van der Waals surface area contributed by atoms with E-state index in [1.54, 1.807) is 12.1 Å². The summed E-state index contributed by atoms with van der Waals surface area (Å²) >= 11 is 0. The van der Waals surface area contributed by atoms with Crippen LogP contribution in [0.4, 0.5) is 4.39 Å². The normalized spacial score (nSPS) is 23.7. The van der Waals surface area contributed by atoms with Crippen LogP contribution in [0, 0.1) is 11.7 Å². The van der Waals surface area contributed by atoms with E-state index in [0.29, 0.717) is 11.5 Å². The van der Waals surface area contributed by atoms with Crippen molar-refractivity contribution in [1.82, 2.24) is 0 Å². The van der Waals surface area contributed by atoms with Gasteiger partial charge in [-0.15, -0.1) is 0 Å². The zero-order valence-electron chi connectivity index (χ0n) is 10.9. The summed E-state index contributed by atoms with van der Waals surface area (Å²) < 4.78 is 19.6. The van der Waals surface area contributed by atoms with Gasteiger partial charge in [0.05, 0.1) is 5.56 Å². The predicted molar refractivity (Wildman–Crippen MR) is 68.5 cm³/mol. The highest BCUT2D eigenvalue weighted by Gasteiger charge is 2.25. The summed E-state index contributed by atoms with van der Waals surface area (Å²) in [4.78, 5) is 11.5. The fourth-order valence-electron chi connectivity index (χ4n) is 2.51.